The summed E-state index contributed by atoms with van der Waals surface area (Å²) in [7, 11) is 0. The van der Waals surface area contributed by atoms with Crippen molar-refractivity contribution < 1.29 is 4.79 Å². The minimum Gasteiger partial charge on any atom is -0.398 e. The number of aromatic amines is 1. The van der Waals surface area contributed by atoms with Crippen molar-refractivity contribution in [1.82, 2.24) is 10.2 Å². The average molecular weight is 230 g/mol. The molecule has 0 bridgehead atoms. The molecule has 1 aromatic heterocycles. The van der Waals surface area contributed by atoms with Crippen LogP contribution in [0.3, 0.4) is 0 Å². The van der Waals surface area contributed by atoms with E-state index in [1.54, 1.807) is 18.3 Å². The summed E-state index contributed by atoms with van der Waals surface area (Å²) in [4.78, 5) is 11.9. The summed E-state index contributed by atoms with van der Waals surface area (Å²) in [5, 5.41) is 9.30. The minimum absolute atomic E-state index is 0.205. The average Bonchev–Trinajstić information content (AvgIpc) is 2.68. The lowest BCUT2D eigenvalue weighted by Gasteiger charge is -2.06. The number of anilines is 2. The number of H-pyrrole nitrogens is 1. The molecule has 0 aliphatic rings. The first-order valence-electron chi connectivity index (χ1n) is 5.25. The van der Waals surface area contributed by atoms with Crippen LogP contribution in [0.5, 0.6) is 0 Å². The third-order valence-electron chi connectivity index (χ3n) is 2.61. The first-order valence-corrected chi connectivity index (χ1v) is 5.25. The maximum Gasteiger partial charge on any atom is 0.256 e. The fourth-order valence-electron chi connectivity index (χ4n) is 1.44. The predicted octanol–water partition coefficient (Wildman–Crippen LogP) is 1.86. The van der Waals surface area contributed by atoms with Crippen LogP contribution in [0.2, 0.25) is 0 Å². The molecular formula is C12H14N4O. The smallest absolute Gasteiger partial charge is 0.256 e. The van der Waals surface area contributed by atoms with E-state index >= 15 is 0 Å². The van der Waals surface area contributed by atoms with Crippen molar-refractivity contribution >= 4 is 17.4 Å². The van der Waals surface area contributed by atoms with Crippen molar-refractivity contribution in [2.75, 3.05) is 11.1 Å². The SMILES string of the molecule is Cc1ccc(C(=O)Nc2[nH]ncc2C)cc1N. The number of aromatic nitrogens is 2. The first-order chi connectivity index (χ1) is 8.08. The third-order valence-corrected chi connectivity index (χ3v) is 2.61. The van der Waals surface area contributed by atoms with Gasteiger partial charge in [0.05, 0.1) is 6.20 Å². The van der Waals surface area contributed by atoms with Crippen molar-refractivity contribution in [3.8, 4) is 0 Å². The maximum absolute atomic E-state index is 11.9. The number of nitrogens with two attached hydrogens (primary N) is 1. The second-order valence-corrected chi connectivity index (χ2v) is 3.95. The van der Waals surface area contributed by atoms with Crippen molar-refractivity contribution in [1.29, 1.82) is 0 Å². The van der Waals surface area contributed by atoms with Gasteiger partial charge < -0.3 is 11.1 Å². The van der Waals surface area contributed by atoms with Crippen LogP contribution in [0.25, 0.3) is 0 Å². The number of benzene rings is 1. The molecule has 17 heavy (non-hydrogen) atoms. The molecule has 0 aliphatic carbocycles. The standard InChI is InChI=1S/C12H14N4O/c1-7-3-4-9(5-10(7)13)12(17)15-11-8(2)6-14-16-11/h3-6H,13H2,1-2H3,(H2,14,15,16,17). The third kappa shape index (κ3) is 2.28. The van der Waals surface area contributed by atoms with Gasteiger partial charge >= 0.3 is 0 Å². The van der Waals surface area contributed by atoms with E-state index in [9.17, 15) is 4.79 Å². The lowest BCUT2D eigenvalue weighted by atomic mass is 10.1. The molecule has 88 valence electrons. The molecular weight excluding hydrogens is 216 g/mol. The summed E-state index contributed by atoms with van der Waals surface area (Å²) >= 11 is 0. The van der Waals surface area contributed by atoms with Gasteiger partial charge in [0.15, 0.2) is 0 Å². The monoisotopic (exact) mass is 230 g/mol. The summed E-state index contributed by atoms with van der Waals surface area (Å²) < 4.78 is 0. The molecule has 0 atom stereocenters. The van der Waals surface area contributed by atoms with Gasteiger partial charge in [0.2, 0.25) is 0 Å². The molecule has 2 aromatic rings. The van der Waals surface area contributed by atoms with Crippen LogP contribution in [0.15, 0.2) is 24.4 Å². The van der Waals surface area contributed by atoms with Gasteiger partial charge in [0, 0.05) is 16.8 Å². The fourth-order valence-corrected chi connectivity index (χ4v) is 1.44. The molecule has 5 heteroatoms. The summed E-state index contributed by atoms with van der Waals surface area (Å²) in [6.07, 6.45) is 1.65. The molecule has 0 fully saturated rings. The van der Waals surface area contributed by atoms with Crippen LogP contribution in [0, 0.1) is 13.8 Å². The molecule has 1 aromatic carbocycles. The lowest BCUT2D eigenvalue weighted by molar-refractivity contribution is 0.102. The number of hydrogen-bond donors (Lipinski definition) is 3. The Labute approximate surface area is 99.0 Å². The van der Waals surface area contributed by atoms with E-state index in [0.29, 0.717) is 17.1 Å². The highest BCUT2D eigenvalue weighted by molar-refractivity contribution is 6.04. The summed E-state index contributed by atoms with van der Waals surface area (Å²) in [5.74, 6) is 0.401. The van der Waals surface area contributed by atoms with Crippen LogP contribution in [-0.4, -0.2) is 16.1 Å². The zero-order valence-corrected chi connectivity index (χ0v) is 9.74. The molecule has 5 nitrogen and oxygen atoms in total. The van der Waals surface area contributed by atoms with Crippen molar-refractivity contribution in [3.05, 3.63) is 41.1 Å². The van der Waals surface area contributed by atoms with E-state index in [1.807, 2.05) is 19.9 Å². The Morgan fingerprint density at radius 1 is 1.35 bits per heavy atom. The lowest BCUT2D eigenvalue weighted by Crippen LogP contribution is -2.13. The fraction of sp³-hybridized carbons (Fsp3) is 0.167. The Kier molecular flexibility index (Phi) is 2.82. The van der Waals surface area contributed by atoms with Crippen molar-refractivity contribution in [2.24, 2.45) is 0 Å². The van der Waals surface area contributed by atoms with Gasteiger partial charge in [-0.1, -0.05) is 6.07 Å². The number of nitrogen functional groups attached to an aromatic ring is 1. The van der Waals surface area contributed by atoms with E-state index in [4.69, 9.17) is 5.73 Å². The zero-order chi connectivity index (χ0) is 12.4. The predicted molar refractivity (Wildman–Crippen MR) is 66.9 cm³/mol. The normalized spacial score (nSPS) is 10.2. The minimum atomic E-state index is -0.205. The quantitative estimate of drug-likeness (QED) is 0.688. The highest BCUT2D eigenvalue weighted by Gasteiger charge is 2.09. The number of rotatable bonds is 2. The molecule has 0 saturated carbocycles. The molecule has 0 aliphatic heterocycles. The van der Waals surface area contributed by atoms with E-state index in [0.717, 1.165) is 11.1 Å². The van der Waals surface area contributed by atoms with Crippen LogP contribution in [0.1, 0.15) is 21.5 Å². The van der Waals surface area contributed by atoms with Crippen LogP contribution >= 0.6 is 0 Å². The van der Waals surface area contributed by atoms with Crippen LogP contribution in [-0.2, 0) is 0 Å². The number of hydrogen-bond acceptors (Lipinski definition) is 3. The molecule has 0 spiro atoms. The topological polar surface area (TPSA) is 83.8 Å². The second-order valence-electron chi connectivity index (χ2n) is 3.95. The largest absolute Gasteiger partial charge is 0.398 e. The molecule has 2 rings (SSSR count). The molecule has 1 amide bonds. The molecule has 4 N–H and O–H groups in total. The Morgan fingerprint density at radius 3 is 2.71 bits per heavy atom. The van der Waals surface area contributed by atoms with Gasteiger partial charge in [-0.25, -0.2) is 0 Å². The van der Waals surface area contributed by atoms with E-state index < -0.39 is 0 Å². The van der Waals surface area contributed by atoms with Gasteiger partial charge in [0.1, 0.15) is 5.82 Å². The maximum atomic E-state index is 11.9. The van der Waals surface area contributed by atoms with Crippen molar-refractivity contribution in [2.45, 2.75) is 13.8 Å². The summed E-state index contributed by atoms with van der Waals surface area (Å²) in [5.41, 5.74) is 8.75. The van der Waals surface area contributed by atoms with E-state index in [2.05, 4.69) is 15.5 Å². The second kappa shape index (κ2) is 4.29. The highest BCUT2D eigenvalue weighted by atomic mass is 16.1. The Balaban J connectivity index is 2.20. The van der Waals surface area contributed by atoms with Gasteiger partial charge in [-0.05, 0) is 31.5 Å². The highest BCUT2D eigenvalue weighted by Crippen LogP contribution is 2.15. The van der Waals surface area contributed by atoms with Gasteiger partial charge in [-0.2, -0.15) is 5.10 Å². The molecule has 0 radical (unpaired) electrons. The molecule has 1 heterocycles. The number of carbonyl (C=O) groups is 1. The first kappa shape index (κ1) is 11.2. The number of amides is 1. The van der Waals surface area contributed by atoms with Crippen molar-refractivity contribution in [3.63, 3.8) is 0 Å². The zero-order valence-electron chi connectivity index (χ0n) is 9.74. The van der Waals surface area contributed by atoms with Gasteiger partial charge in [0.25, 0.3) is 5.91 Å². The molecule has 0 saturated heterocycles. The van der Waals surface area contributed by atoms with Gasteiger partial charge in [-0.15, -0.1) is 0 Å². The molecule has 0 unspecified atom stereocenters. The number of carbonyl (C=O) groups excluding carboxylic acids is 1. The number of nitrogens with zero attached hydrogens (tertiary/aromatic N) is 1. The van der Waals surface area contributed by atoms with Gasteiger partial charge in [-0.3, -0.25) is 9.89 Å². The summed E-state index contributed by atoms with van der Waals surface area (Å²) in [6.45, 7) is 3.76. The summed E-state index contributed by atoms with van der Waals surface area (Å²) in [6, 6.07) is 5.23. The van der Waals surface area contributed by atoms with E-state index in [1.165, 1.54) is 0 Å². The van der Waals surface area contributed by atoms with Crippen LogP contribution < -0.4 is 11.1 Å². The Morgan fingerprint density at radius 2 is 2.12 bits per heavy atom. The van der Waals surface area contributed by atoms with E-state index in [-0.39, 0.29) is 5.91 Å². The number of nitrogens with one attached hydrogen (secondary N) is 2. The number of aryl methyl sites for hydroxylation is 2. The Bertz CT molecular complexity index is 559. The Hall–Kier alpha value is -2.30. The van der Waals surface area contributed by atoms with Crippen LogP contribution in [0.4, 0.5) is 11.5 Å².